The molecule has 4 heteroatoms. The van der Waals surface area contributed by atoms with Crippen molar-refractivity contribution in [1.82, 2.24) is 9.88 Å². The lowest BCUT2D eigenvalue weighted by molar-refractivity contribution is 0.186. The van der Waals surface area contributed by atoms with E-state index in [-0.39, 0.29) is 0 Å². The summed E-state index contributed by atoms with van der Waals surface area (Å²) in [4.78, 5) is 7.00. The van der Waals surface area contributed by atoms with Crippen molar-refractivity contribution >= 4 is 26.7 Å². The molecule has 1 unspecified atom stereocenters. The Morgan fingerprint density at radius 3 is 3.10 bits per heavy atom. The summed E-state index contributed by atoms with van der Waals surface area (Å²) < 4.78 is 1.21. The monoisotopic (exact) mass is 289 g/mol. The van der Waals surface area contributed by atoms with E-state index in [0.717, 1.165) is 18.1 Å². The topological polar surface area (TPSA) is 42.2 Å². The van der Waals surface area contributed by atoms with Crippen molar-refractivity contribution in [3.63, 3.8) is 0 Å². The zero-order valence-corrected chi connectivity index (χ0v) is 13.0. The Balaban J connectivity index is 1.79. The van der Waals surface area contributed by atoms with E-state index < -0.39 is 0 Å². The van der Waals surface area contributed by atoms with Gasteiger partial charge in [-0.3, -0.25) is 4.90 Å². The van der Waals surface area contributed by atoms with E-state index in [1.165, 1.54) is 48.9 Å². The molecule has 1 aliphatic rings. The fraction of sp³-hybridized carbons (Fsp3) is 0.562. The first-order valence-electron chi connectivity index (χ1n) is 7.65. The fourth-order valence-electron chi connectivity index (χ4n) is 3.23. The fourth-order valence-corrected chi connectivity index (χ4v) is 4.02. The van der Waals surface area contributed by atoms with Crippen LogP contribution in [0.1, 0.15) is 44.6 Å². The van der Waals surface area contributed by atoms with Crippen LogP contribution in [0.4, 0.5) is 5.13 Å². The van der Waals surface area contributed by atoms with Gasteiger partial charge in [0, 0.05) is 12.6 Å². The van der Waals surface area contributed by atoms with Crippen LogP contribution in [0, 0.1) is 0 Å². The van der Waals surface area contributed by atoms with E-state index in [4.69, 9.17) is 5.73 Å². The molecule has 0 spiro atoms. The van der Waals surface area contributed by atoms with Crippen molar-refractivity contribution in [2.24, 2.45) is 0 Å². The van der Waals surface area contributed by atoms with Crippen molar-refractivity contribution in [3.05, 3.63) is 23.8 Å². The van der Waals surface area contributed by atoms with Crippen LogP contribution in [0.25, 0.3) is 10.2 Å². The molecule has 20 heavy (non-hydrogen) atoms. The molecule has 2 N–H and O–H groups in total. The van der Waals surface area contributed by atoms with Crippen LogP contribution in [0.3, 0.4) is 0 Å². The lowest BCUT2D eigenvalue weighted by atomic mass is 10.1. The number of nitrogen functional groups attached to an aromatic ring is 1. The van der Waals surface area contributed by atoms with Gasteiger partial charge in [-0.2, -0.15) is 0 Å². The molecule has 0 bridgehead atoms. The molecule has 0 aliphatic carbocycles. The van der Waals surface area contributed by atoms with E-state index in [9.17, 15) is 0 Å². The van der Waals surface area contributed by atoms with Gasteiger partial charge in [-0.25, -0.2) is 4.98 Å². The zero-order valence-electron chi connectivity index (χ0n) is 12.1. The van der Waals surface area contributed by atoms with Crippen molar-refractivity contribution in [2.75, 3.05) is 12.3 Å². The minimum absolute atomic E-state index is 0.665. The Kier molecular flexibility index (Phi) is 4.22. The zero-order chi connectivity index (χ0) is 13.9. The van der Waals surface area contributed by atoms with E-state index in [0.29, 0.717) is 5.13 Å². The maximum Gasteiger partial charge on any atom is 0.181 e. The molecular weight excluding hydrogens is 266 g/mol. The first-order valence-corrected chi connectivity index (χ1v) is 8.47. The van der Waals surface area contributed by atoms with Crippen LogP contribution in [0.2, 0.25) is 0 Å². The standard InChI is InChI=1S/C16H23N3S/c1-2-13-6-4-3-5-9-19(13)11-12-7-8-14-15(10-12)20-16(17)18-14/h7-8,10,13H,2-6,9,11H2,1H3,(H2,17,18). The van der Waals surface area contributed by atoms with Gasteiger partial charge in [0.25, 0.3) is 0 Å². The molecule has 3 rings (SSSR count). The van der Waals surface area contributed by atoms with Crippen LogP contribution in [0.15, 0.2) is 18.2 Å². The maximum atomic E-state index is 5.79. The van der Waals surface area contributed by atoms with Gasteiger partial charge in [-0.05, 0) is 43.5 Å². The molecule has 1 fully saturated rings. The van der Waals surface area contributed by atoms with E-state index in [2.05, 4.69) is 35.0 Å². The highest BCUT2D eigenvalue weighted by Crippen LogP contribution is 2.26. The molecule has 1 saturated heterocycles. The average molecular weight is 289 g/mol. The van der Waals surface area contributed by atoms with Crippen LogP contribution < -0.4 is 5.73 Å². The average Bonchev–Trinajstić information content (AvgIpc) is 2.66. The van der Waals surface area contributed by atoms with Gasteiger partial charge in [0.1, 0.15) is 0 Å². The van der Waals surface area contributed by atoms with Crippen LogP contribution in [-0.4, -0.2) is 22.5 Å². The minimum Gasteiger partial charge on any atom is -0.375 e. The molecule has 0 radical (unpaired) electrons. The molecule has 1 aromatic heterocycles. The second-order valence-electron chi connectivity index (χ2n) is 5.74. The summed E-state index contributed by atoms with van der Waals surface area (Å²) in [6.07, 6.45) is 6.73. The highest BCUT2D eigenvalue weighted by Gasteiger charge is 2.19. The highest BCUT2D eigenvalue weighted by molar-refractivity contribution is 7.22. The Bertz CT molecular complexity index is 578. The number of fused-ring (bicyclic) bond motifs is 1. The lowest BCUT2D eigenvalue weighted by Crippen LogP contribution is -2.33. The van der Waals surface area contributed by atoms with Crippen molar-refractivity contribution in [1.29, 1.82) is 0 Å². The van der Waals surface area contributed by atoms with Gasteiger partial charge >= 0.3 is 0 Å². The van der Waals surface area contributed by atoms with E-state index >= 15 is 0 Å². The second-order valence-corrected chi connectivity index (χ2v) is 6.80. The Labute approximate surface area is 124 Å². The van der Waals surface area contributed by atoms with Crippen LogP contribution in [0.5, 0.6) is 0 Å². The number of nitrogens with two attached hydrogens (primary N) is 1. The molecule has 108 valence electrons. The summed E-state index contributed by atoms with van der Waals surface area (Å²) in [6, 6.07) is 7.33. The van der Waals surface area contributed by atoms with Crippen LogP contribution in [-0.2, 0) is 6.54 Å². The predicted molar refractivity (Wildman–Crippen MR) is 87.0 cm³/mol. The summed E-state index contributed by atoms with van der Waals surface area (Å²) >= 11 is 1.59. The van der Waals surface area contributed by atoms with Gasteiger partial charge in [-0.1, -0.05) is 37.2 Å². The number of thiazole rings is 1. The number of hydrogen-bond acceptors (Lipinski definition) is 4. The van der Waals surface area contributed by atoms with Gasteiger partial charge in [0.15, 0.2) is 5.13 Å². The van der Waals surface area contributed by atoms with Crippen LogP contribution >= 0.6 is 11.3 Å². The lowest BCUT2D eigenvalue weighted by Gasteiger charge is -2.29. The third-order valence-corrected chi connectivity index (χ3v) is 5.17. The molecule has 1 aromatic carbocycles. The molecule has 2 aromatic rings. The largest absolute Gasteiger partial charge is 0.375 e. The maximum absolute atomic E-state index is 5.79. The number of likely N-dealkylation sites (tertiary alicyclic amines) is 1. The Morgan fingerprint density at radius 1 is 1.35 bits per heavy atom. The number of hydrogen-bond donors (Lipinski definition) is 1. The SMILES string of the molecule is CCC1CCCCCN1Cc1ccc2nc(N)sc2c1. The number of anilines is 1. The van der Waals surface area contributed by atoms with Gasteiger partial charge < -0.3 is 5.73 Å². The summed E-state index contributed by atoms with van der Waals surface area (Å²) in [7, 11) is 0. The third-order valence-electron chi connectivity index (χ3n) is 4.33. The molecule has 1 atom stereocenters. The molecule has 0 amide bonds. The Morgan fingerprint density at radius 2 is 2.25 bits per heavy atom. The predicted octanol–water partition coefficient (Wildman–Crippen LogP) is 4.03. The molecule has 0 saturated carbocycles. The molecular formula is C16H23N3S. The first-order chi connectivity index (χ1) is 9.76. The van der Waals surface area contributed by atoms with Gasteiger partial charge in [0.2, 0.25) is 0 Å². The number of aromatic nitrogens is 1. The van der Waals surface area contributed by atoms with Crippen molar-refractivity contribution in [3.8, 4) is 0 Å². The van der Waals surface area contributed by atoms with Gasteiger partial charge in [0.05, 0.1) is 10.2 Å². The first kappa shape index (κ1) is 13.8. The van der Waals surface area contributed by atoms with E-state index in [1.54, 1.807) is 11.3 Å². The molecule has 1 aliphatic heterocycles. The molecule has 3 nitrogen and oxygen atoms in total. The normalized spacial score (nSPS) is 21.1. The number of rotatable bonds is 3. The summed E-state index contributed by atoms with van der Waals surface area (Å²) in [5.74, 6) is 0. The summed E-state index contributed by atoms with van der Waals surface area (Å²) in [5.41, 5.74) is 8.20. The highest BCUT2D eigenvalue weighted by atomic mass is 32.1. The number of nitrogens with zero attached hydrogens (tertiary/aromatic N) is 2. The Hall–Kier alpha value is -1.13. The van der Waals surface area contributed by atoms with E-state index in [1.807, 2.05) is 0 Å². The second kappa shape index (κ2) is 6.10. The molecule has 2 heterocycles. The summed E-state index contributed by atoms with van der Waals surface area (Å²) in [5, 5.41) is 0.665. The minimum atomic E-state index is 0.665. The van der Waals surface area contributed by atoms with Crippen molar-refractivity contribution < 1.29 is 0 Å². The van der Waals surface area contributed by atoms with Crippen molar-refractivity contribution in [2.45, 2.75) is 51.6 Å². The van der Waals surface area contributed by atoms with Gasteiger partial charge in [-0.15, -0.1) is 0 Å². The quantitative estimate of drug-likeness (QED) is 0.927. The number of benzene rings is 1. The smallest absolute Gasteiger partial charge is 0.181 e. The summed E-state index contributed by atoms with van der Waals surface area (Å²) in [6.45, 7) is 4.61. The third kappa shape index (κ3) is 2.96.